The molecular formula is C13H15N3O. The molecule has 0 bridgehead atoms. The average Bonchev–Trinajstić information content (AvgIpc) is 2.40. The summed E-state index contributed by atoms with van der Waals surface area (Å²) in [5.41, 5.74) is 1.25. The predicted octanol–water partition coefficient (Wildman–Crippen LogP) is 1.50. The quantitative estimate of drug-likeness (QED) is 0.807. The van der Waals surface area contributed by atoms with Gasteiger partial charge in [0.25, 0.3) is 0 Å². The van der Waals surface area contributed by atoms with Crippen LogP contribution < -0.4 is 10.6 Å². The van der Waals surface area contributed by atoms with Gasteiger partial charge < -0.3 is 10.6 Å². The van der Waals surface area contributed by atoms with Crippen LogP contribution in [0, 0.1) is 17.2 Å². The Kier molecular flexibility index (Phi) is 3.73. The van der Waals surface area contributed by atoms with Gasteiger partial charge in [-0.3, -0.25) is 4.79 Å². The van der Waals surface area contributed by atoms with Crippen molar-refractivity contribution in [2.45, 2.75) is 12.8 Å². The second-order valence-electron chi connectivity index (χ2n) is 4.23. The standard InChI is InChI=1S/C13H15N3O/c14-8-10-3-1-5-12(7-10)16-13(17)11-4-2-6-15-9-11/h1,3,5,7,11,15H,2,4,6,9H2,(H,16,17)/t11-/m0/s1. The number of nitrogens with zero attached hydrogens (tertiary/aromatic N) is 1. The Hall–Kier alpha value is -1.86. The van der Waals surface area contributed by atoms with Gasteiger partial charge in [-0.25, -0.2) is 0 Å². The molecule has 88 valence electrons. The number of amides is 1. The van der Waals surface area contributed by atoms with Crippen molar-refractivity contribution in [3.05, 3.63) is 29.8 Å². The van der Waals surface area contributed by atoms with Crippen molar-refractivity contribution < 1.29 is 4.79 Å². The van der Waals surface area contributed by atoms with Gasteiger partial charge in [0.2, 0.25) is 5.91 Å². The van der Waals surface area contributed by atoms with E-state index in [4.69, 9.17) is 5.26 Å². The van der Waals surface area contributed by atoms with Gasteiger partial charge in [0.1, 0.15) is 0 Å². The second-order valence-corrected chi connectivity index (χ2v) is 4.23. The van der Waals surface area contributed by atoms with Crippen molar-refractivity contribution >= 4 is 11.6 Å². The Morgan fingerprint density at radius 3 is 3.12 bits per heavy atom. The fourth-order valence-electron chi connectivity index (χ4n) is 1.99. The third-order valence-corrected chi connectivity index (χ3v) is 2.93. The highest BCUT2D eigenvalue weighted by Crippen LogP contribution is 2.15. The fraction of sp³-hybridized carbons (Fsp3) is 0.385. The third-order valence-electron chi connectivity index (χ3n) is 2.93. The summed E-state index contributed by atoms with van der Waals surface area (Å²) in [4.78, 5) is 11.9. The van der Waals surface area contributed by atoms with Gasteiger partial charge in [0.15, 0.2) is 0 Å². The monoisotopic (exact) mass is 229 g/mol. The van der Waals surface area contributed by atoms with Crippen molar-refractivity contribution in [1.82, 2.24) is 5.32 Å². The summed E-state index contributed by atoms with van der Waals surface area (Å²) in [5, 5.41) is 14.8. The molecule has 1 aromatic carbocycles. The summed E-state index contributed by atoms with van der Waals surface area (Å²) in [7, 11) is 0. The van der Waals surface area contributed by atoms with E-state index in [9.17, 15) is 4.79 Å². The van der Waals surface area contributed by atoms with E-state index in [1.165, 1.54) is 0 Å². The van der Waals surface area contributed by atoms with E-state index in [1.54, 1.807) is 24.3 Å². The first-order valence-corrected chi connectivity index (χ1v) is 5.81. The summed E-state index contributed by atoms with van der Waals surface area (Å²) in [6.07, 6.45) is 1.97. The van der Waals surface area contributed by atoms with E-state index in [0.717, 1.165) is 25.9 Å². The molecule has 0 unspecified atom stereocenters. The van der Waals surface area contributed by atoms with Crippen molar-refractivity contribution in [3.8, 4) is 6.07 Å². The lowest BCUT2D eigenvalue weighted by Gasteiger charge is -2.21. The van der Waals surface area contributed by atoms with Gasteiger partial charge >= 0.3 is 0 Å². The highest BCUT2D eigenvalue weighted by atomic mass is 16.1. The molecule has 0 spiro atoms. The van der Waals surface area contributed by atoms with Crippen molar-refractivity contribution in [2.75, 3.05) is 18.4 Å². The van der Waals surface area contributed by atoms with Gasteiger partial charge in [0.05, 0.1) is 17.6 Å². The summed E-state index contributed by atoms with van der Waals surface area (Å²) < 4.78 is 0. The van der Waals surface area contributed by atoms with Crippen LogP contribution in [0.25, 0.3) is 0 Å². The molecule has 1 aliphatic heterocycles. The van der Waals surface area contributed by atoms with Crippen molar-refractivity contribution in [3.63, 3.8) is 0 Å². The summed E-state index contributed by atoms with van der Waals surface area (Å²) in [6.45, 7) is 1.73. The van der Waals surface area contributed by atoms with Gasteiger partial charge in [0, 0.05) is 12.2 Å². The predicted molar refractivity (Wildman–Crippen MR) is 65.4 cm³/mol. The maximum absolute atomic E-state index is 11.9. The average molecular weight is 229 g/mol. The van der Waals surface area contributed by atoms with Gasteiger partial charge in [-0.1, -0.05) is 6.07 Å². The van der Waals surface area contributed by atoms with Crippen LogP contribution in [0.5, 0.6) is 0 Å². The van der Waals surface area contributed by atoms with E-state index in [1.807, 2.05) is 0 Å². The minimum atomic E-state index is 0.0345. The summed E-state index contributed by atoms with van der Waals surface area (Å²) in [6, 6.07) is 9.04. The van der Waals surface area contributed by atoms with E-state index in [-0.39, 0.29) is 11.8 Å². The second kappa shape index (κ2) is 5.46. The van der Waals surface area contributed by atoms with E-state index in [2.05, 4.69) is 16.7 Å². The minimum Gasteiger partial charge on any atom is -0.326 e. The number of rotatable bonds is 2. The van der Waals surface area contributed by atoms with Crippen LogP contribution in [-0.2, 0) is 4.79 Å². The third kappa shape index (κ3) is 3.05. The van der Waals surface area contributed by atoms with Crippen LogP contribution in [0.3, 0.4) is 0 Å². The molecule has 0 saturated carbocycles. The number of carbonyl (C=O) groups is 1. The molecule has 1 atom stereocenters. The molecule has 1 heterocycles. The van der Waals surface area contributed by atoms with Crippen molar-refractivity contribution in [2.24, 2.45) is 5.92 Å². The molecule has 17 heavy (non-hydrogen) atoms. The summed E-state index contributed by atoms with van der Waals surface area (Å²) >= 11 is 0. The van der Waals surface area contributed by atoms with Gasteiger partial charge in [-0.15, -0.1) is 0 Å². The highest BCUT2D eigenvalue weighted by molar-refractivity contribution is 5.92. The zero-order valence-corrected chi connectivity index (χ0v) is 9.57. The Morgan fingerprint density at radius 1 is 1.53 bits per heavy atom. The Morgan fingerprint density at radius 2 is 2.41 bits per heavy atom. The fourth-order valence-corrected chi connectivity index (χ4v) is 1.99. The Balaban J connectivity index is 1.99. The number of nitrogens with one attached hydrogen (secondary N) is 2. The molecule has 0 radical (unpaired) electrons. The van der Waals surface area contributed by atoms with E-state index in [0.29, 0.717) is 11.3 Å². The normalized spacial score (nSPS) is 19.4. The first-order valence-electron chi connectivity index (χ1n) is 5.81. The Labute approximate surface area is 101 Å². The van der Waals surface area contributed by atoms with Crippen LogP contribution in [0.1, 0.15) is 18.4 Å². The molecule has 4 heteroatoms. The lowest BCUT2D eigenvalue weighted by atomic mass is 9.99. The number of hydrogen-bond acceptors (Lipinski definition) is 3. The molecule has 1 aromatic rings. The Bertz CT molecular complexity index is 444. The topological polar surface area (TPSA) is 64.9 Å². The molecule has 1 aliphatic rings. The number of nitriles is 1. The first-order chi connectivity index (χ1) is 8.29. The lowest BCUT2D eigenvalue weighted by Crippen LogP contribution is -2.37. The molecule has 1 fully saturated rings. The molecule has 0 aromatic heterocycles. The largest absolute Gasteiger partial charge is 0.326 e. The zero-order chi connectivity index (χ0) is 12.1. The van der Waals surface area contributed by atoms with Crippen LogP contribution in [0.4, 0.5) is 5.69 Å². The number of anilines is 1. The SMILES string of the molecule is N#Cc1cccc(NC(=O)[C@H]2CCCNC2)c1. The zero-order valence-electron chi connectivity index (χ0n) is 9.57. The first kappa shape index (κ1) is 11.6. The molecule has 2 rings (SSSR count). The van der Waals surface area contributed by atoms with Gasteiger partial charge in [-0.05, 0) is 37.6 Å². The molecule has 1 amide bonds. The minimum absolute atomic E-state index is 0.0345. The molecule has 4 nitrogen and oxygen atoms in total. The van der Waals surface area contributed by atoms with Crippen LogP contribution >= 0.6 is 0 Å². The van der Waals surface area contributed by atoms with Crippen molar-refractivity contribution in [1.29, 1.82) is 5.26 Å². The number of hydrogen-bond donors (Lipinski definition) is 2. The summed E-state index contributed by atoms with van der Waals surface area (Å²) in [5.74, 6) is 0.0711. The number of benzene rings is 1. The van der Waals surface area contributed by atoms with E-state index >= 15 is 0 Å². The van der Waals surface area contributed by atoms with Gasteiger partial charge in [-0.2, -0.15) is 5.26 Å². The number of carbonyl (C=O) groups excluding carboxylic acids is 1. The maximum atomic E-state index is 11.9. The maximum Gasteiger partial charge on any atom is 0.228 e. The molecule has 0 aliphatic carbocycles. The lowest BCUT2D eigenvalue weighted by molar-refractivity contribution is -0.120. The highest BCUT2D eigenvalue weighted by Gasteiger charge is 2.20. The van der Waals surface area contributed by atoms with Crippen LogP contribution in [-0.4, -0.2) is 19.0 Å². The number of piperidine rings is 1. The smallest absolute Gasteiger partial charge is 0.228 e. The molecular weight excluding hydrogens is 214 g/mol. The van der Waals surface area contributed by atoms with Crippen LogP contribution in [0.15, 0.2) is 24.3 Å². The van der Waals surface area contributed by atoms with E-state index < -0.39 is 0 Å². The molecule has 2 N–H and O–H groups in total. The van der Waals surface area contributed by atoms with Crippen LogP contribution in [0.2, 0.25) is 0 Å². The molecule has 1 saturated heterocycles.